The molecule has 1 aliphatic heterocycles. The number of amides is 1. The van der Waals surface area contributed by atoms with Crippen LogP contribution < -0.4 is 0 Å². The maximum Gasteiger partial charge on any atom is 0.411 e. The fourth-order valence-electron chi connectivity index (χ4n) is 6.23. The predicted molar refractivity (Wildman–Crippen MR) is 193 cm³/mol. The minimum absolute atomic E-state index is 0.0339. The number of nitrogens with zero attached hydrogens (tertiary/aromatic N) is 2. The van der Waals surface area contributed by atoms with Crippen molar-refractivity contribution in [2.75, 3.05) is 6.61 Å². The van der Waals surface area contributed by atoms with Crippen LogP contribution in [0.4, 0.5) is 4.79 Å². The smallest absolute Gasteiger partial charge is 0.411 e. The summed E-state index contributed by atoms with van der Waals surface area (Å²) in [4.78, 5) is 15.7. The predicted octanol–water partition coefficient (Wildman–Crippen LogP) is 7.87. The SMILES string of the molecule is N#C[C@@H]1[C@H](OCc2ccccc2)[C@@H](OCc2ccccc2)[C@H]([C@@H](COCc2ccccc2)OCc2ccccc2)N1C(=O)OCc1ccccc1. The fourth-order valence-corrected chi connectivity index (χ4v) is 6.23. The van der Waals surface area contributed by atoms with Crippen molar-refractivity contribution in [1.82, 2.24) is 4.90 Å². The van der Waals surface area contributed by atoms with E-state index in [4.69, 9.17) is 23.7 Å². The van der Waals surface area contributed by atoms with Crippen molar-refractivity contribution in [2.24, 2.45) is 0 Å². The number of benzene rings is 5. The lowest BCUT2D eigenvalue weighted by atomic mass is 10.0. The Hall–Kier alpha value is -5.30. The van der Waals surface area contributed by atoms with Crippen molar-refractivity contribution >= 4 is 6.09 Å². The zero-order valence-corrected chi connectivity index (χ0v) is 28.4. The van der Waals surface area contributed by atoms with Crippen LogP contribution in [-0.2, 0) is 56.7 Å². The van der Waals surface area contributed by atoms with E-state index in [-0.39, 0.29) is 33.0 Å². The first-order valence-electron chi connectivity index (χ1n) is 17.2. The molecule has 1 heterocycles. The van der Waals surface area contributed by atoms with Gasteiger partial charge in [-0.15, -0.1) is 0 Å². The van der Waals surface area contributed by atoms with E-state index in [0.29, 0.717) is 6.61 Å². The zero-order valence-electron chi connectivity index (χ0n) is 28.4. The second kappa shape index (κ2) is 18.6. The highest BCUT2D eigenvalue weighted by Crippen LogP contribution is 2.35. The first-order valence-corrected chi connectivity index (χ1v) is 17.2. The minimum atomic E-state index is -1.04. The van der Waals surface area contributed by atoms with Crippen LogP contribution in [0.1, 0.15) is 27.8 Å². The Morgan fingerprint density at radius 2 is 0.980 bits per heavy atom. The van der Waals surface area contributed by atoms with Crippen molar-refractivity contribution in [3.63, 3.8) is 0 Å². The number of carbonyl (C=O) groups is 1. The van der Waals surface area contributed by atoms with Crippen LogP contribution in [0.25, 0.3) is 0 Å². The molecule has 0 N–H and O–H groups in total. The number of hydrogen-bond donors (Lipinski definition) is 0. The topological polar surface area (TPSA) is 90.3 Å². The van der Waals surface area contributed by atoms with Gasteiger partial charge in [0.1, 0.15) is 24.9 Å². The summed E-state index contributed by atoms with van der Waals surface area (Å²) in [5, 5.41) is 10.8. The highest BCUT2D eigenvalue weighted by molar-refractivity contribution is 5.70. The van der Waals surface area contributed by atoms with Gasteiger partial charge in [-0.1, -0.05) is 152 Å². The number of carbonyl (C=O) groups excluding carboxylic acids is 1. The van der Waals surface area contributed by atoms with E-state index in [1.165, 1.54) is 4.90 Å². The molecule has 260 valence electrons. The van der Waals surface area contributed by atoms with Crippen LogP contribution in [0.5, 0.6) is 0 Å². The Balaban J connectivity index is 1.35. The second-order valence-electron chi connectivity index (χ2n) is 12.4. The molecule has 0 aromatic heterocycles. The van der Waals surface area contributed by atoms with Crippen LogP contribution in [0.2, 0.25) is 0 Å². The molecule has 1 aliphatic rings. The molecule has 1 saturated heterocycles. The maximum atomic E-state index is 14.3. The van der Waals surface area contributed by atoms with E-state index in [2.05, 4.69) is 6.07 Å². The van der Waals surface area contributed by atoms with Crippen LogP contribution in [0.3, 0.4) is 0 Å². The highest BCUT2D eigenvalue weighted by atomic mass is 16.6. The molecule has 6 rings (SSSR count). The normalized spacial score (nSPS) is 18.9. The van der Waals surface area contributed by atoms with Gasteiger partial charge in [0, 0.05) is 0 Å². The van der Waals surface area contributed by atoms with Gasteiger partial charge < -0.3 is 23.7 Å². The number of ether oxygens (including phenoxy) is 5. The molecule has 5 aromatic carbocycles. The van der Waals surface area contributed by atoms with Crippen molar-refractivity contribution in [1.29, 1.82) is 5.26 Å². The molecule has 51 heavy (non-hydrogen) atoms. The minimum Gasteiger partial charge on any atom is -0.445 e. The lowest BCUT2D eigenvalue weighted by molar-refractivity contribution is -0.117. The van der Waals surface area contributed by atoms with Crippen LogP contribution in [0.15, 0.2) is 152 Å². The first kappa shape index (κ1) is 35.5. The molecule has 8 heteroatoms. The Bertz CT molecular complexity index is 1790. The van der Waals surface area contributed by atoms with Gasteiger partial charge in [-0.3, -0.25) is 4.90 Å². The van der Waals surface area contributed by atoms with E-state index in [1.54, 1.807) is 0 Å². The van der Waals surface area contributed by atoms with E-state index in [0.717, 1.165) is 27.8 Å². The Morgan fingerprint density at radius 3 is 1.45 bits per heavy atom. The van der Waals surface area contributed by atoms with Gasteiger partial charge in [-0.2, -0.15) is 5.26 Å². The van der Waals surface area contributed by atoms with Gasteiger partial charge in [0.15, 0.2) is 6.04 Å². The summed E-state index contributed by atoms with van der Waals surface area (Å²) in [5.41, 5.74) is 4.66. The summed E-state index contributed by atoms with van der Waals surface area (Å²) < 4.78 is 32.1. The Kier molecular flexibility index (Phi) is 13.0. The molecule has 8 nitrogen and oxygen atoms in total. The van der Waals surface area contributed by atoms with Crippen LogP contribution in [0, 0.1) is 11.3 Å². The van der Waals surface area contributed by atoms with Gasteiger partial charge in [-0.05, 0) is 27.8 Å². The number of nitriles is 1. The largest absolute Gasteiger partial charge is 0.445 e. The monoisotopic (exact) mass is 682 g/mol. The molecule has 0 aliphatic carbocycles. The molecular weight excluding hydrogens is 640 g/mol. The third-order valence-corrected chi connectivity index (χ3v) is 8.79. The van der Waals surface area contributed by atoms with Gasteiger partial charge in [0.25, 0.3) is 0 Å². The number of likely N-dealkylation sites (tertiary alicyclic amines) is 1. The van der Waals surface area contributed by atoms with Crippen molar-refractivity contribution in [2.45, 2.75) is 63.4 Å². The lowest BCUT2D eigenvalue weighted by Gasteiger charge is -2.34. The number of hydrogen-bond acceptors (Lipinski definition) is 7. The Labute approximate surface area is 299 Å². The fraction of sp³-hybridized carbons (Fsp3) is 0.256. The second-order valence-corrected chi connectivity index (χ2v) is 12.4. The lowest BCUT2D eigenvalue weighted by Crippen LogP contribution is -2.52. The zero-order chi connectivity index (χ0) is 35.1. The summed E-state index contributed by atoms with van der Waals surface area (Å²) in [6, 6.07) is 49.2. The molecule has 0 radical (unpaired) electrons. The third kappa shape index (κ3) is 9.91. The average Bonchev–Trinajstić information content (AvgIpc) is 3.51. The molecule has 0 saturated carbocycles. The van der Waals surface area contributed by atoms with Gasteiger partial charge in [-0.25, -0.2) is 4.79 Å². The van der Waals surface area contributed by atoms with Crippen LogP contribution >= 0.6 is 0 Å². The molecule has 5 aromatic rings. The van der Waals surface area contributed by atoms with Gasteiger partial charge in [0.2, 0.25) is 0 Å². The molecule has 0 bridgehead atoms. The Morgan fingerprint density at radius 1 is 0.569 bits per heavy atom. The average molecular weight is 683 g/mol. The molecule has 5 atom stereocenters. The van der Waals surface area contributed by atoms with Crippen molar-refractivity contribution in [3.8, 4) is 6.07 Å². The molecule has 1 amide bonds. The third-order valence-electron chi connectivity index (χ3n) is 8.79. The first-order chi connectivity index (χ1) is 25.2. The van der Waals surface area contributed by atoms with E-state index < -0.39 is 36.5 Å². The molecule has 1 fully saturated rings. The van der Waals surface area contributed by atoms with Gasteiger partial charge in [0.05, 0.1) is 45.1 Å². The summed E-state index contributed by atoms with van der Waals surface area (Å²) in [5.74, 6) is 0. The molecular formula is C43H42N2O6. The summed E-state index contributed by atoms with van der Waals surface area (Å²) in [6.45, 7) is 1.18. The highest BCUT2D eigenvalue weighted by Gasteiger charge is 2.57. The quantitative estimate of drug-likeness (QED) is 0.105. The van der Waals surface area contributed by atoms with E-state index >= 15 is 0 Å². The molecule has 0 spiro atoms. The van der Waals surface area contributed by atoms with E-state index in [9.17, 15) is 10.1 Å². The summed E-state index contributed by atoms with van der Waals surface area (Å²) in [7, 11) is 0. The number of rotatable bonds is 16. The maximum absolute atomic E-state index is 14.3. The van der Waals surface area contributed by atoms with Crippen molar-refractivity contribution < 1.29 is 28.5 Å². The van der Waals surface area contributed by atoms with Crippen LogP contribution in [-0.4, -0.2) is 48.0 Å². The van der Waals surface area contributed by atoms with Crippen molar-refractivity contribution in [3.05, 3.63) is 179 Å². The summed E-state index contributed by atoms with van der Waals surface area (Å²) >= 11 is 0. The van der Waals surface area contributed by atoms with Gasteiger partial charge >= 0.3 is 6.09 Å². The summed E-state index contributed by atoms with van der Waals surface area (Å²) in [6.07, 6.45) is -2.99. The molecule has 0 unspecified atom stereocenters. The van der Waals surface area contributed by atoms with E-state index in [1.807, 2.05) is 152 Å². The standard InChI is InChI=1S/C43H42N2O6/c44-26-38-41(49-29-35-20-10-3-11-21-35)42(50-30-36-22-12-4-13-23-36)40(45(38)43(46)51-31-37-24-14-5-15-25-37)39(48-28-34-18-8-2-9-19-34)32-47-27-33-16-6-1-7-17-33/h1-25,38-42H,27-32H2/t38-,39-,40+,41+,42+/m1/s1.